The van der Waals surface area contributed by atoms with E-state index in [-0.39, 0.29) is 26.6 Å². The Bertz CT molecular complexity index is 1070. The van der Waals surface area contributed by atoms with Gasteiger partial charge in [-0.25, -0.2) is 21.6 Å². The van der Waals surface area contributed by atoms with Gasteiger partial charge in [0.2, 0.25) is 0 Å². The van der Waals surface area contributed by atoms with Crippen molar-refractivity contribution >= 4 is 33.0 Å². The molecule has 1 amide bonds. The summed E-state index contributed by atoms with van der Waals surface area (Å²) in [5.74, 6) is -5.36. The molecule has 0 unspecified atom stereocenters. The first kappa shape index (κ1) is 22.6. The fraction of sp³-hybridized carbons (Fsp3) is 0.381. The molecular weight excluding hydrogens is 439 g/mol. The van der Waals surface area contributed by atoms with Crippen molar-refractivity contribution in [2.45, 2.75) is 49.7 Å². The van der Waals surface area contributed by atoms with Gasteiger partial charge in [-0.3, -0.25) is 4.79 Å². The van der Waals surface area contributed by atoms with Gasteiger partial charge in [-0.1, -0.05) is 25.4 Å². The van der Waals surface area contributed by atoms with Crippen LogP contribution in [0.1, 0.15) is 49.9 Å². The number of amides is 1. The molecule has 9 heteroatoms. The number of hydrogen-bond acceptors (Lipinski definition) is 3. The molecule has 0 aromatic heterocycles. The molecule has 30 heavy (non-hydrogen) atoms. The Morgan fingerprint density at radius 3 is 2.20 bits per heavy atom. The largest absolute Gasteiger partial charge is 0.322 e. The van der Waals surface area contributed by atoms with Crippen LogP contribution < -0.4 is 5.32 Å². The summed E-state index contributed by atoms with van der Waals surface area (Å²) in [5, 5.41) is 1.63. The van der Waals surface area contributed by atoms with E-state index >= 15 is 0 Å². The Kier molecular flexibility index (Phi) is 6.20. The molecule has 0 atom stereocenters. The molecule has 1 aliphatic carbocycles. The lowest BCUT2D eigenvalue weighted by Gasteiger charge is -2.34. The summed E-state index contributed by atoms with van der Waals surface area (Å²) in [6.07, 6.45) is 2.51. The highest BCUT2D eigenvalue weighted by Crippen LogP contribution is 2.40. The second-order valence-corrected chi connectivity index (χ2v) is 10.9. The highest BCUT2D eigenvalue weighted by atomic mass is 35.5. The average Bonchev–Trinajstić information content (AvgIpc) is 2.65. The van der Waals surface area contributed by atoms with Crippen LogP contribution in [-0.2, 0) is 9.84 Å². The van der Waals surface area contributed by atoms with Crippen molar-refractivity contribution in [3.8, 4) is 0 Å². The maximum absolute atomic E-state index is 13.4. The van der Waals surface area contributed by atoms with Gasteiger partial charge in [0.1, 0.15) is 0 Å². The van der Waals surface area contributed by atoms with E-state index in [1.54, 1.807) is 0 Å². The van der Waals surface area contributed by atoms with Crippen molar-refractivity contribution in [3.63, 3.8) is 0 Å². The van der Waals surface area contributed by atoms with Crippen LogP contribution in [0.4, 0.5) is 18.9 Å². The van der Waals surface area contributed by atoms with E-state index in [0.717, 1.165) is 18.9 Å². The number of carbonyl (C=O) groups excluding carboxylic acids is 1. The molecule has 1 fully saturated rings. The number of sulfone groups is 1. The second kappa shape index (κ2) is 8.23. The highest BCUT2D eigenvalue weighted by Gasteiger charge is 2.36. The van der Waals surface area contributed by atoms with E-state index < -0.39 is 38.4 Å². The fourth-order valence-electron chi connectivity index (χ4n) is 3.56. The summed E-state index contributed by atoms with van der Waals surface area (Å²) in [5.41, 5.74) is -0.276. The minimum absolute atomic E-state index is 0.00439. The van der Waals surface area contributed by atoms with Crippen molar-refractivity contribution < 1.29 is 26.4 Å². The Morgan fingerprint density at radius 1 is 1.07 bits per heavy atom. The minimum Gasteiger partial charge on any atom is -0.322 e. The molecule has 0 radical (unpaired) electrons. The molecule has 0 saturated heterocycles. The summed E-state index contributed by atoms with van der Waals surface area (Å²) in [7, 11) is -3.77. The molecule has 0 heterocycles. The number of halogens is 4. The molecule has 2 aromatic carbocycles. The molecule has 162 valence electrons. The Morgan fingerprint density at radius 2 is 1.63 bits per heavy atom. The van der Waals surface area contributed by atoms with E-state index in [1.807, 2.05) is 0 Å². The number of carbonyl (C=O) groups is 1. The first-order chi connectivity index (χ1) is 13.9. The lowest BCUT2D eigenvalue weighted by Crippen LogP contribution is -2.31. The number of anilines is 1. The van der Waals surface area contributed by atoms with Crippen molar-refractivity contribution in [3.05, 3.63) is 58.4 Å². The molecule has 1 saturated carbocycles. The third-order valence-electron chi connectivity index (χ3n) is 5.47. The molecule has 1 aliphatic rings. The van der Waals surface area contributed by atoms with Crippen LogP contribution in [0.5, 0.6) is 0 Å². The van der Waals surface area contributed by atoms with E-state index in [4.69, 9.17) is 11.6 Å². The van der Waals surface area contributed by atoms with Crippen molar-refractivity contribution in [2.75, 3.05) is 5.32 Å². The summed E-state index contributed by atoms with van der Waals surface area (Å²) in [6, 6.07) is 5.02. The SMILES string of the molecule is CC1(C)CCC(S(=O)(=O)c2cc(C(=O)Nc3cc(F)c(F)c(F)c3)ccc2Cl)CC1. The van der Waals surface area contributed by atoms with Gasteiger partial charge in [-0.05, 0) is 49.3 Å². The number of nitrogens with one attached hydrogen (secondary N) is 1. The zero-order chi connectivity index (χ0) is 22.3. The molecule has 1 N–H and O–H groups in total. The highest BCUT2D eigenvalue weighted by molar-refractivity contribution is 7.92. The minimum atomic E-state index is -3.77. The lowest BCUT2D eigenvalue weighted by molar-refractivity contribution is 0.102. The van der Waals surface area contributed by atoms with Gasteiger partial charge in [0.15, 0.2) is 27.3 Å². The summed E-state index contributed by atoms with van der Waals surface area (Å²) in [4.78, 5) is 12.3. The smallest absolute Gasteiger partial charge is 0.255 e. The van der Waals surface area contributed by atoms with Gasteiger partial charge in [0.25, 0.3) is 5.91 Å². The van der Waals surface area contributed by atoms with Gasteiger partial charge in [0.05, 0.1) is 15.2 Å². The average molecular weight is 460 g/mol. The lowest BCUT2D eigenvalue weighted by atomic mass is 9.77. The van der Waals surface area contributed by atoms with Gasteiger partial charge in [0, 0.05) is 23.4 Å². The molecule has 3 rings (SSSR count). The monoisotopic (exact) mass is 459 g/mol. The first-order valence-electron chi connectivity index (χ1n) is 9.40. The molecular formula is C21H21ClF3NO3S. The summed E-state index contributed by atoms with van der Waals surface area (Å²) < 4.78 is 66.1. The number of benzene rings is 2. The van der Waals surface area contributed by atoms with Crippen molar-refractivity contribution in [2.24, 2.45) is 5.41 Å². The van der Waals surface area contributed by atoms with Crippen LogP contribution in [0.15, 0.2) is 35.2 Å². The maximum atomic E-state index is 13.4. The van der Waals surface area contributed by atoms with E-state index in [9.17, 15) is 26.4 Å². The number of hydrogen-bond donors (Lipinski definition) is 1. The first-order valence-corrected chi connectivity index (χ1v) is 11.3. The number of rotatable bonds is 4. The fourth-order valence-corrected chi connectivity index (χ4v) is 5.84. The third kappa shape index (κ3) is 4.64. The van der Waals surface area contributed by atoms with Gasteiger partial charge >= 0.3 is 0 Å². The van der Waals surface area contributed by atoms with Crippen molar-refractivity contribution in [1.29, 1.82) is 0 Å². The molecule has 0 spiro atoms. The normalized spacial score (nSPS) is 17.0. The van der Waals surface area contributed by atoms with E-state index in [2.05, 4.69) is 19.2 Å². The zero-order valence-electron chi connectivity index (χ0n) is 16.4. The van der Waals surface area contributed by atoms with Gasteiger partial charge in [-0.15, -0.1) is 0 Å². The molecule has 0 bridgehead atoms. The second-order valence-electron chi connectivity index (χ2n) is 8.26. The molecule has 0 aliphatic heterocycles. The van der Waals surface area contributed by atoms with Crippen molar-refractivity contribution in [1.82, 2.24) is 0 Å². The van der Waals surface area contributed by atoms with Gasteiger partial charge in [-0.2, -0.15) is 0 Å². The molecule has 2 aromatic rings. The Labute approximate surface area is 178 Å². The topological polar surface area (TPSA) is 63.2 Å². The van der Waals surface area contributed by atoms with Crippen LogP contribution in [0.25, 0.3) is 0 Å². The standard InChI is InChI=1S/C21H21ClF3NO3S/c1-21(2)7-5-14(6-8-21)30(28,29)18-9-12(3-4-15(18)22)20(27)26-13-10-16(23)19(25)17(24)11-13/h3-4,9-11,14H,5-8H2,1-2H3,(H,26,27). The van der Waals surface area contributed by atoms with Crippen LogP contribution in [0.2, 0.25) is 5.02 Å². The van der Waals surface area contributed by atoms with Crippen LogP contribution in [0, 0.1) is 22.9 Å². The molecule has 4 nitrogen and oxygen atoms in total. The van der Waals surface area contributed by atoms with Crippen LogP contribution in [-0.4, -0.2) is 19.6 Å². The van der Waals surface area contributed by atoms with Crippen LogP contribution >= 0.6 is 11.6 Å². The maximum Gasteiger partial charge on any atom is 0.255 e. The predicted molar refractivity (Wildman–Crippen MR) is 109 cm³/mol. The Hall–Kier alpha value is -2.06. The van der Waals surface area contributed by atoms with Gasteiger partial charge < -0.3 is 5.32 Å². The third-order valence-corrected chi connectivity index (χ3v) is 8.21. The van der Waals surface area contributed by atoms with E-state index in [0.29, 0.717) is 25.0 Å². The zero-order valence-corrected chi connectivity index (χ0v) is 18.0. The summed E-state index contributed by atoms with van der Waals surface area (Å²) >= 11 is 6.13. The predicted octanol–water partition coefficient (Wildman–Crippen LogP) is 5.75. The van der Waals surface area contributed by atoms with Crippen LogP contribution in [0.3, 0.4) is 0 Å². The Balaban J connectivity index is 1.87. The quantitative estimate of drug-likeness (QED) is 0.592. The van der Waals surface area contributed by atoms with E-state index in [1.165, 1.54) is 12.1 Å². The summed E-state index contributed by atoms with van der Waals surface area (Å²) in [6.45, 7) is 4.18.